The number of hydrogen-bond donors (Lipinski definition) is 0. The molecule has 0 atom stereocenters. The number of carbonyl (C=O) groups excluding carboxylic acids is 1. The van der Waals surface area contributed by atoms with Gasteiger partial charge in [0.1, 0.15) is 5.82 Å². The number of hydrogen-bond acceptors (Lipinski definition) is 5. The van der Waals surface area contributed by atoms with Gasteiger partial charge >= 0.3 is 0 Å². The van der Waals surface area contributed by atoms with E-state index in [1.54, 1.807) is 30.2 Å². The maximum atomic E-state index is 13.6. The van der Waals surface area contributed by atoms with Gasteiger partial charge < -0.3 is 4.90 Å². The Kier molecular flexibility index (Phi) is 5.28. The summed E-state index contributed by atoms with van der Waals surface area (Å²) in [6.07, 6.45) is 1.62. The first-order valence-electron chi connectivity index (χ1n) is 10.3. The van der Waals surface area contributed by atoms with Crippen LogP contribution in [0.1, 0.15) is 17.0 Å². The lowest BCUT2D eigenvalue weighted by Crippen LogP contribution is -2.23. The molecule has 168 valence electrons. The molecule has 34 heavy (non-hydrogen) atoms. The highest BCUT2D eigenvalue weighted by Gasteiger charge is 2.30. The average Bonchev–Trinajstić information content (AvgIpc) is 3.04. The molecule has 0 radical (unpaired) electrons. The maximum Gasteiger partial charge on any atom is 0.269 e. The number of benzene rings is 3. The number of fused-ring (bicyclic) bond motifs is 2. The summed E-state index contributed by atoms with van der Waals surface area (Å²) in [4.78, 5) is 43.6. The summed E-state index contributed by atoms with van der Waals surface area (Å²) < 4.78 is 2.26. The third-order valence-corrected chi connectivity index (χ3v) is 6.46. The van der Waals surface area contributed by atoms with E-state index in [1.807, 2.05) is 31.2 Å². The van der Waals surface area contributed by atoms with Crippen LogP contribution in [0.4, 0.5) is 11.4 Å². The quantitative estimate of drug-likeness (QED) is 0.155. The van der Waals surface area contributed by atoms with Crippen LogP contribution in [-0.2, 0) is 4.79 Å². The van der Waals surface area contributed by atoms with Gasteiger partial charge in [-0.1, -0.05) is 11.6 Å². The van der Waals surface area contributed by atoms with Crippen LogP contribution in [0.15, 0.2) is 65.5 Å². The Labute approximate surface area is 207 Å². The third kappa shape index (κ3) is 3.58. The van der Waals surface area contributed by atoms with Crippen molar-refractivity contribution >= 4 is 62.4 Å². The van der Waals surface area contributed by atoms with Crippen LogP contribution in [0.3, 0.4) is 0 Å². The van der Waals surface area contributed by atoms with Crippen molar-refractivity contribution in [3.05, 3.63) is 102 Å². The Balaban J connectivity index is 1.81. The van der Waals surface area contributed by atoms with E-state index >= 15 is 0 Å². The Morgan fingerprint density at radius 2 is 1.76 bits per heavy atom. The number of rotatable bonds is 3. The molecule has 0 aliphatic carbocycles. The fraction of sp³-hybridized carbons (Fsp3) is 0.0800. The molecule has 5 rings (SSSR count). The highest BCUT2D eigenvalue weighted by Crippen LogP contribution is 2.37. The fourth-order valence-corrected chi connectivity index (χ4v) is 4.57. The summed E-state index contributed by atoms with van der Waals surface area (Å²) in [7, 11) is 1.70. The molecular formula is C25H17IN4O4. The number of non-ortho nitro benzene ring substituents is 1. The Bertz CT molecular complexity index is 1610. The summed E-state index contributed by atoms with van der Waals surface area (Å²) in [5, 5.41) is 11.5. The molecule has 4 aromatic rings. The van der Waals surface area contributed by atoms with Crippen molar-refractivity contribution in [1.29, 1.82) is 0 Å². The minimum atomic E-state index is -0.497. The molecule has 0 fully saturated rings. The monoisotopic (exact) mass is 564 g/mol. The molecule has 0 saturated carbocycles. The van der Waals surface area contributed by atoms with Crippen molar-refractivity contribution in [1.82, 2.24) is 9.55 Å². The van der Waals surface area contributed by atoms with E-state index < -0.39 is 4.92 Å². The average molecular weight is 564 g/mol. The van der Waals surface area contributed by atoms with Gasteiger partial charge in [0.2, 0.25) is 0 Å². The van der Waals surface area contributed by atoms with Crippen LogP contribution in [0.2, 0.25) is 0 Å². The molecule has 0 unspecified atom stereocenters. The van der Waals surface area contributed by atoms with E-state index in [4.69, 9.17) is 4.98 Å². The van der Waals surface area contributed by atoms with E-state index in [0.29, 0.717) is 22.2 Å². The van der Waals surface area contributed by atoms with E-state index in [9.17, 15) is 19.7 Å². The number of carbonyl (C=O) groups is 1. The van der Waals surface area contributed by atoms with Gasteiger partial charge in [-0.05, 0) is 78.1 Å². The molecule has 0 N–H and O–H groups in total. The lowest BCUT2D eigenvalue weighted by atomic mass is 10.0. The molecule has 0 bridgehead atoms. The van der Waals surface area contributed by atoms with E-state index in [0.717, 1.165) is 20.4 Å². The van der Waals surface area contributed by atoms with Gasteiger partial charge in [-0.2, -0.15) is 0 Å². The van der Waals surface area contributed by atoms with Crippen LogP contribution in [0.5, 0.6) is 0 Å². The van der Waals surface area contributed by atoms with Crippen LogP contribution >= 0.6 is 22.6 Å². The molecule has 1 aliphatic rings. The van der Waals surface area contributed by atoms with Crippen molar-refractivity contribution in [3.8, 4) is 5.69 Å². The summed E-state index contributed by atoms with van der Waals surface area (Å²) in [5.74, 6) is 0.0615. The lowest BCUT2D eigenvalue weighted by molar-refractivity contribution is -0.384. The summed E-state index contributed by atoms with van der Waals surface area (Å²) in [6, 6.07) is 16.8. The summed E-state index contributed by atoms with van der Waals surface area (Å²) >= 11 is 2.13. The Morgan fingerprint density at radius 3 is 2.47 bits per heavy atom. The highest BCUT2D eigenvalue weighted by molar-refractivity contribution is 14.1. The largest absolute Gasteiger partial charge is 0.311 e. The van der Waals surface area contributed by atoms with Crippen molar-refractivity contribution < 1.29 is 9.72 Å². The highest BCUT2D eigenvalue weighted by atomic mass is 127. The summed E-state index contributed by atoms with van der Waals surface area (Å²) in [5.41, 5.74) is 3.47. The molecule has 1 amide bonds. The fourth-order valence-electron chi connectivity index (χ4n) is 4.08. The zero-order valence-electron chi connectivity index (χ0n) is 18.2. The SMILES string of the molecule is Cc1ccc2c(c1)/C(=C/c1nc3ccc(I)cc3c(=O)n1-c1ccc([N+](=O)[O-])cc1)C(=O)N2C. The predicted octanol–water partition coefficient (Wildman–Crippen LogP) is 4.72. The standard InChI is InChI=1S/C25H17IN4O4/c1-14-3-10-22-18(11-14)19(24(31)28(22)2)13-23-27-21-9-4-15(26)12-20(21)25(32)29(23)16-5-7-17(8-6-16)30(33)34/h3-13H,1-2H3/b19-13-. The molecular weight excluding hydrogens is 547 g/mol. The number of halogens is 1. The number of aryl methyl sites for hydroxylation is 1. The first-order valence-corrected chi connectivity index (χ1v) is 11.4. The number of amides is 1. The normalized spacial score (nSPS) is 14.1. The number of likely N-dealkylation sites (N-methyl/N-ethyl adjacent to an activating group) is 1. The van der Waals surface area contributed by atoms with Gasteiger partial charge in [0, 0.05) is 28.3 Å². The zero-order chi connectivity index (χ0) is 24.1. The maximum absolute atomic E-state index is 13.6. The van der Waals surface area contributed by atoms with Crippen LogP contribution in [-0.4, -0.2) is 27.4 Å². The van der Waals surface area contributed by atoms with E-state index in [2.05, 4.69) is 22.6 Å². The first kappa shape index (κ1) is 22.0. The molecule has 8 nitrogen and oxygen atoms in total. The molecule has 3 aromatic carbocycles. The minimum Gasteiger partial charge on any atom is -0.311 e. The lowest BCUT2D eigenvalue weighted by Gasteiger charge is -2.12. The Hall–Kier alpha value is -3.86. The topological polar surface area (TPSA) is 98.3 Å². The molecule has 0 saturated heterocycles. The molecule has 1 aliphatic heterocycles. The number of aromatic nitrogens is 2. The Morgan fingerprint density at radius 1 is 1.03 bits per heavy atom. The van der Waals surface area contributed by atoms with Gasteiger partial charge in [0.15, 0.2) is 0 Å². The molecule has 0 spiro atoms. The van der Waals surface area contributed by atoms with Crippen molar-refractivity contribution in [3.63, 3.8) is 0 Å². The predicted molar refractivity (Wildman–Crippen MR) is 139 cm³/mol. The first-order chi connectivity index (χ1) is 16.2. The smallest absolute Gasteiger partial charge is 0.269 e. The molecule has 1 aromatic heterocycles. The molecule has 9 heteroatoms. The number of nitro benzene ring substituents is 1. The van der Waals surface area contributed by atoms with Crippen LogP contribution < -0.4 is 10.5 Å². The van der Waals surface area contributed by atoms with Gasteiger partial charge in [-0.3, -0.25) is 24.3 Å². The van der Waals surface area contributed by atoms with Crippen molar-refractivity contribution in [2.24, 2.45) is 0 Å². The van der Waals surface area contributed by atoms with E-state index in [-0.39, 0.29) is 23.0 Å². The number of nitrogens with zero attached hydrogens (tertiary/aromatic N) is 4. The van der Waals surface area contributed by atoms with Crippen molar-refractivity contribution in [2.75, 3.05) is 11.9 Å². The summed E-state index contributed by atoms with van der Waals surface area (Å²) in [6.45, 7) is 1.95. The third-order valence-electron chi connectivity index (χ3n) is 5.79. The van der Waals surface area contributed by atoms with Gasteiger partial charge in [0.25, 0.3) is 17.2 Å². The zero-order valence-corrected chi connectivity index (χ0v) is 20.3. The number of anilines is 1. The van der Waals surface area contributed by atoms with E-state index in [1.165, 1.54) is 28.8 Å². The van der Waals surface area contributed by atoms with Crippen LogP contribution in [0.25, 0.3) is 28.2 Å². The van der Waals surface area contributed by atoms with Crippen molar-refractivity contribution in [2.45, 2.75) is 6.92 Å². The van der Waals surface area contributed by atoms with Crippen LogP contribution in [0, 0.1) is 20.6 Å². The van der Waals surface area contributed by atoms with Gasteiger partial charge in [0.05, 0.1) is 32.8 Å². The second-order valence-corrected chi connectivity index (χ2v) is 9.23. The minimum absolute atomic E-state index is 0.0861. The van der Waals surface area contributed by atoms with Gasteiger partial charge in [-0.25, -0.2) is 4.98 Å². The second-order valence-electron chi connectivity index (χ2n) is 7.99. The number of nitro groups is 1. The van der Waals surface area contributed by atoms with Gasteiger partial charge in [-0.15, -0.1) is 0 Å². The second kappa shape index (κ2) is 8.17. The molecule has 2 heterocycles.